The van der Waals surface area contributed by atoms with Crippen molar-refractivity contribution in [3.05, 3.63) is 34.9 Å². The Bertz CT molecular complexity index is 509. The van der Waals surface area contributed by atoms with Crippen LogP contribution in [0.15, 0.2) is 6.07 Å². The fourth-order valence-electron chi connectivity index (χ4n) is 2.52. The number of carbonyl (C=O) groups excluding carboxylic acids is 1. The smallest absolute Gasteiger partial charge is 0.257 e. The predicted molar refractivity (Wildman–Crippen MR) is 63.9 cm³/mol. The third-order valence-electron chi connectivity index (χ3n) is 3.62. The van der Waals surface area contributed by atoms with Gasteiger partial charge >= 0.3 is 0 Å². The summed E-state index contributed by atoms with van der Waals surface area (Å²) in [6.45, 7) is 0.327. The van der Waals surface area contributed by atoms with Gasteiger partial charge in [0.05, 0.1) is 0 Å². The van der Waals surface area contributed by atoms with Crippen LogP contribution in [0.5, 0.6) is 0 Å². The van der Waals surface area contributed by atoms with E-state index in [-0.39, 0.29) is 18.0 Å². The number of halogens is 4. The van der Waals surface area contributed by atoms with E-state index < -0.39 is 34.7 Å². The Labute approximate surface area is 113 Å². The summed E-state index contributed by atoms with van der Waals surface area (Å²) in [5.41, 5.74) is 4.30. The van der Waals surface area contributed by atoms with E-state index in [0.717, 1.165) is 12.8 Å². The van der Waals surface area contributed by atoms with Crippen LogP contribution in [-0.4, -0.2) is 18.5 Å². The molecule has 110 valence electrons. The van der Waals surface area contributed by atoms with Crippen molar-refractivity contribution < 1.29 is 22.4 Å². The lowest BCUT2D eigenvalue weighted by Crippen LogP contribution is -2.40. The van der Waals surface area contributed by atoms with Crippen LogP contribution in [0.1, 0.15) is 29.6 Å². The van der Waals surface area contributed by atoms with E-state index in [1.54, 1.807) is 0 Å². The Hall–Kier alpha value is -1.63. The molecule has 7 heteroatoms. The number of hydrogen-bond acceptors (Lipinski definition) is 2. The molecule has 1 fully saturated rings. The van der Waals surface area contributed by atoms with Crippen LogP contribution in [0.25, 0.3) is 0 Å². The fraction of sp³-hybridized carbons (Fsp3) is 0.462. The first-order valence-electron chi connectivity index (χ1n) is 6.29. The maximum Gasteiger partial charge on any atom is 0.257 e. The SMILES string of the molecule is NCC1CCCC1NC(=O)c1c(F)c(F)cc(F)c1F. The third kappa shape index (κ3) is 2.63. The number of nitrogens with two attached hydrogens (primary N) is 1. The van der Waals surface area contributed by atoms with Gasteiger partial charge in [-0.1, -0.05) is 6.42 Å². The predicted octanol–water partition coefficient (Wildman–Crippen LogP) is 2.10. The molecular weight excluding hydrogens is 276 g/mol. The normalized spacial score (nSPS) is 22.1. The monoisotopic (exact) mass is 290 g/mol. The van der Waals surface area contributed by atoms with E-state index in [1.807, 2.05) is 0 Å². The lowest BCUT2D eigenvalue weighted by Gasteiger charge is -2.19. The maximum atomic E-state index is 13.5. The van der Waals surface area contributed by atoms with Gasteiger partial charge in [0.1, 0.15) is 5.56 Å². The summed E-state index contributed by atoms with van der Waals surface area (Å²) in [6, 6.07) is -0.266. The zero-order chi connectivity index (χ0) is 14.9. The van der Waals surface area contributed by atoms with Gasteiger partial charge in [-0.05, 0) is 25.3 Å². The van der Waals surface area contributed by atoms with Gasteiger partial charge in [-0.25, -0.2) is 17.6 Å². The van der Waals surface area contributed by atoms with Crippen molar-refractivity contribution in [2.24, 2.45) is 11.7 Å². The molecule has 1 aromatic carbocycles. The number of carbonyl (C=O) groups is 1. The Morgan fingerprint density at radius 3 is 2.35 bits per heavy atom. The van der Waals surface area contributed by atoms with Crippen molar-refractivity contribution in [2.75, 3.05) is 6.54 Å². The van der Waals surface area contributed by atoms with Crippen molar-refractivity contribution in [3.63, 3.8) is 0 Å². The van der Waals surface area contributed by atoms with E-state index in [1.165, 1.54) is 0 Å². The Kier molecular flexibility index (Phi) is 4.27. The summed E-state index contributed by atoms with van der Waals surface area (Å²) in [5.74, 6) is -7.74. The third-order valence-corrected chi connectivity index (χ3v) is 3.62. The molecule has 3 nitrogen and oxygen atoms in total. The van der Waals surface area contributed by atoms with Crippen LogP contribution in [0.3, 0.4) is 0 Å². The van der Waals surface area contributed by atoms with Gasteiger partial charge < -0.3 is 11.1 Å². The summed E-state index contributed by atoms with van der Waals surface area (Å²) in [4.78, 5) is 11.8. The van der Waals surface area contributed by atoms with E-state index in [9.17, 15) is 22.4 Å². The molecule has 2 rings (SSSR count). The van der Waals surface area contributed by atoms with Crippen LogP contribution < -0.4 is 11.1 Å². The number of benzene rings is 1. The second kappa shape index (κ2) is 5.78. The highest BCUT2D eigenvalue weighted by Gasteiger charge is 2.31. The number of amides is 1. The van der Waals surface area contributed by atoms with Gasteiger partial charge in [-0.3, -0.25) is 4.79 Å². The Morgan fingerprint density at radius 2 is 1.80 bits per heavy atom. The first-order chi connectivity index (χ1) is 9.45. The van der Waals surface area contributed by atoms with Gasteiger partial charge in [0.15, 0.2) is 23.3 Å². The van der Waals surface area contributed by atoms with E-state index in [4.69, 9.17) is 5.73 Å². The molecule has 0 saturated heterocycles. The van der Waals surface area contributed by atoms with Gasteiger partial charge in [0.25, 0.3) is 5.91 Å². The van der Waals surface area contributed by atoms with E-state index >= 15 is 0 Å². The lowest BCUT2D eigenvalue weighted by atomic mass is 10.0. The van der Waals surface area contributed by atoms with E-state index in [0.29, 0.717) is 13.0 Å². The fourth-order valence-corrected chi connectivity index (χ4v) is 2.52. The first-order valence-corrected chi connectivity index (χ1v) is 6.29. The van der Waals surface area contributed by atoms with Crippen molar-refractivity contribution in [1.82, 2.24) is 5.32 Å². The molecule has 20 heavy (non-hydrogen) atoms. The highest BCUT2D eigenvalue weighted by molar-refractivity contribution is 5.95. The number of hydrogen-bond donors (Lipinski definition) is 2. The standard InChI is InChI=1S/C13H14F4N2O/c14-7-4-8(15)12(17)10(11(7)16)13(20)19-9-3-1-2-6(9)5-18/h4,6,9H,1-3,5,18H2,(H,19,20). The molecule has 0 aromatic heterocycles. The maximum absolute atomic E-state index is 13.5. The van der Waals surface area contributed by atoms with Crippen molar-refractivity contribution in [1.29, 1.82) is 0 Å². The topological polar surface area (TPSA) is 55.1 Å². The molecule has 0 spiro atoms. The van der Waals surface area contributed by atoms with Crippen molar-refractivity contribution >= 4 is 5.91 Å². The number of nitrogens with one attached hydrogen (secondary N) is 1. The first kappa shape index (κ1) is 14.8. The van der Waals surface area contributed by atoms with Crippen molar-refractivity contribution in [2.45, 2.75) is 25.3 Å². The highest BCUT2D eigenvalue weighted by Crippen LogP contribution is 2.26. The minimum absolute atomic E-state index is 0.00322. The summed E-state index contributed by atoms with van der Waals surface area (Å²) < 4.78 is 53.1. The van der Waals surface area contributed by atoms with Crippen LogP contribution in [0.4, 0.5) is 17.6 Å². The molecule has 1 aliphatic carbocycles. The average molecular weight is 290 g/mol. The molecule has 0 radical (unpaired) electrons. The molecule has 1 aromatic rings. The van der Waals surface area contributed by atoms with Crippen LogP contribution >= 0.6 is 0 Å². The lowest BCUT2D eigenvalue weighted by molar-refractivity contribution is 0.0917. The molecule has 3 N–H and O–H groups in total. The quantitative estimate of drug-likeness (QED) is 0.661. The molecule has 0 heterocycles. The molecule has 1 amide bonds. The summed E-state index contributed by atoms with van der Waals surface area (Å²) in [7, 11) is 0. The molecule has 0 aliphatic heterocycles. The summed E-state index contributed by atoms with van der Waals surface area (Å²) in [5, 5.41) is 2.40. The molecule has 1 aliphatic rings. The van der Waals surface area contributed by atoms with Crippen molar-refractivity contribution in [3.8, 4) is 0 Å². The summed E-state index contributed by atoms with van der Waals surface area (Å²) >= 11 is 0. The van der Waals surface area contributed by atoms with E-state index in [2.05, 4.69) is 5.32 Å². The Morgan fingerprint density at radius 1 is 1.20 bits per heavy atom. The van der Waals surface area contributed by atoms with Gasteiger partial charge in [-0.15, -0.1) is 0 Å². The molecular formula is C13H14F4N2O. The van der Waals surface area contributed by atoms with Gasteiger partial charge in [-0.2, -0.15) is 0 Å². The highest BCUT2D eigenvalue weighted by atomic mass is 19.2. The minimum atomic E-state index is -1.69. The minimum Gasteiger partial charge on any atom is -0.349 e. The van der Waals surface area contributed by atoms with Crippen LogP contribution in [-0.2, 0) is 0 Å². The second-order valence-corrected chi connectivity index (χ2v) is 4.85. The molecule has 1 saturated carbocycles. The zero-order valence-electron chi connectivity index (χ0n) is 10.6. The van der Waals surface area contributed by atoms with Gasteiger partial charge in [0, 0.05) is 12.1 Å². The average Bonchev–Trinajstić information content (AvgIpc) is 2.84. The second-order valence-electron chi connectivity index (χ2n) is 4.85. The largest absolute Gasteiger partial charge is 0.349 e. The molecule has 0 bridgehead atoms. The number of rotatable bonds is 3. The van der Waals surface area contributed by atoms with Gasteiger partial charge in [0.2, 0.25) is 0 Å². The zero-order valence-corrected chi connectivity index (χ0v) is 10.6. The summed E-state index contributed by atoms with van der Waals surface area (Å²) in [6.07, 6.45) is 2.24. The van der Waals surface area contributed by atoms with Crippen LogP contribution in [0, 0.1) is 29.2 Å². The van der Waals surface area contributed by atoms with Crippen LogP contribution in [0.2, 0.25) is 0 Å². The Balaban J connectivity index is 2.26. The molecule has 2 atom stereocenters. The molecule has 2 unspecified atom stereocenters.